The molecular weight excluding hydrogens is 518 g/mol. The van der Waals surface area contributed by atoms with Crippen LogP contribution in [0.15, 0.2) is 60.7 Å². The fourth-order valence-electron chi connectivity index (χ4n) is 6.44. The molecule has 0 aliphatic carbocycles. The summed E-state index contributed by atoms with van der Waals surface area (Å²) in [6.07, 6.45) is 2.44. The average Bonchev–Trinajstić information content (AvgIpc) is 2.91. The van der Waals surface area contributed by atoms with Gasteiger partial charge in [0.2, 0.25) is 0 Å². The van der Waals surface area contributed by atoms with E-state index in [-0.39, 0.29) is 12.1 Å². The van der Waals surface area contributed by atoms with Crippen LogP contribution in [0, 0.1) is 17.0 Å². The summed E-state index contributed by atoms with van der Waals surface area (Å²) in [5, 5.41) is 3.33. The van der Waals surface area contributed by atoms with Gasteiger partial charge in [-0.1, -0.05) is 36.4 Å². The van der Waals surface area contributed by atoms with Gasteiger partial charge in [0.25, 0.3) is 5.92 Å². The molecule has 3 aromatic rings. The molecule has 0 bridgehead atoms. The Morgan fingerprint density at radius 1 is 0.950 bits per heavy atom. The van der Waals surface area contributed by atoms with E-state index in [1.165, 1.54) is 17.0 Å². The van der Waals surface area contributed by atoms with Crippen LogP contribution in [0.5, 0.6) is 5.75 Å². The molecule has 1 spiro atoms. The molecular formula is C32H35F4N3O. The largest absolute Gasteiger partial charge is 0.489 e. The third kappa shape index (κ3) is 5.56. The highest BCUT2D eigenvalue weighted by Gasteiger charge is 2.41. The number of anilines is 1. The number of nitrogens with zero attached hydrogens (tertiary/aromatic N) is 2. The lowest BCUT2D eigenvalue weighted by molar-refractivity contribution is -0.0245. The van der Waals surface area contributed by atoms with Gasteiger partial charge >= 0.3 is 0 Å². The molecule has 2 fully saturated rings. The first-order valence-corrected chi connectivity index (χ1v) is 14.1. The van der Waals surface area contributed by atoms with E-state index in [1.807, 2.05) is 41.3 Å². The van der Waals surface area contributed by atoms with Gasteiger partial charge < -0.3 is 15.0 Å². The minimum Gasteiger partial charge on any atom is -0.489 e. The summed E-state index contributed by atoms with van der Waals surface area (Å²) in [7, 11) is 0. The van der Waals surface area contributed by atoms with E-state index >= 15 is 8.78 Å². The SMILES string of the molecule is CC(F)(F)CN1CCc2cc(OCc3ccccc3)ccc2C1c1c(F)cc(N2CCC3(CC2)CNC3)cc1F. The Bertz CT molecular complexity index is 1320. The first-order chi connectivity index (χ1) is 19.2. The second-order valence-corrected chi connectivity index (χ2v) is 11.7. The summed E-state index contributed by atoms with van der Waals surface area (Å²) in [4.78, 5) is 3.53. The molecule has 1 unspecified atom stereocenters. The van der Waals surface area contributed by atoms with Crippen molar-refractivity contribution in [3.05, 3.63) is 94.6 Å². The summed E-state index contributed by atoms with van der Waals surface area (Å²) in [6, 6.07) is 17.0. The van der Waals surface area contributed by atoms with Gasteiger partial charge in [-0.2, -0.15) is 0 Å². The molecule has 3 aliphatic heterocycles. The van der Waals surface area contributed by atoms with Crippen LogP contribution in [0.1, 0.15) is 48.1 Å². The van der Waals surface area contributed by atoms with Crippen LogP contribution >= 0.6 is 0 Å². The summed E-state index contributed by atoms with van der Waals surface area (Å²) in [5.74, 6) is -3.78. The van der Waals surface area contributed by atoms with E-state index in [2.05, 4.69) is 5.32 Å². The number of rotatable bonds is 7. The highest BCUT2D eigenvalue weighted by molar-refractivity contribution is 5.52. The highest BCUT2D eigenvalue weighted by atomic mass is 19.3. The number of hydrogen-bond acceptors (Lipinski definition) is 4. The van der Waals surface area contributed by atoms with E-state index in [4.69, 9.17) is 4.74 Å². The summed E-state index contributed by atoms with van der Waals surface area (Å²) in [5.41, 5.74) is 3.15. The molecule has 212 valence electrons. The fourth-order valence-corrected chi connectivity index (χ4v) is 6.44. The predicted octanol–water partition coefficient (Wildman–Crippen LogP) is 6.34. The van der Waals surface area contributed by atoms with Gasteiger partial charge in [-0.3, -0.25) is 4.90 Å². The third-order valence-corrected chi connectivity index (χ3v) is 8.70. The van der Waals surface area contributed by atoms with Crippen molar-refractivity contribution >= 4 is 5.69 Å². The summed E-state index contributed by atoms with van der Waals surface area (Å²) >= 11 is 0. The van der Waals surface area contributed by atoms with Crippen LogP contribution in [-0.4, -0.2) is 50.1 Å². The molecule has 1 atom stereocenters. The number of halogens is 4. The van der Waals surface area contributed by atoms with E-state index in [0.29, 0.717) is 35.4 Å². The summed E-state index contributed by atoms with van der Waals surface area (Å²) < 4.78 is 66.2. The maximum atomic E-state index is 15.9. The number of alkyl halides is 2. The number of piperidine rings is 1. The Hall–Kier alpha value is -3.10. The predicted molar refractivity (Wildman–Crippen MR) is 148 cm³/mol. The molecule has 0 aromatic heterocycles. The lowest BCUT2D eigenvalue weighted by atomic mass is 9.73. The van der Waals surface area contributed by atoms with E-state index in [0.717, 1.165) is 57.1 Å². The van der Waals surface area contributed by atoms with Crippen molar-refractivity contribution in [1.29, 1.82) is 0 Å². The Morgan fingerprint density at radius 3 is 2.27 bits per heavy atom. The molecule has 0 amide bonds. The number of nitrogens with one attached hydrogen (secondary N) is 1. The van der Waals surface area contributed by atoms with Crippen molar-refractivity contribution in [3.8, 4) is 5.75 Å². The van der Waals surface area contributed by atoms with Gasteiger partial charge in [-0.25, -0.2) is 17.6 Å². The number of fused-ring (bicyclic) bond motifs is 1. The monoisotopic (exact) mass is 553 g/mol. The van der Waals surface area contributed by atoms with Gasteiger partial charge in [-0.05, 0) is 65.6 Å². The van der Waals surface area contributed by atoms with E-state index < -0.39 is 30.1 Å². The van der Waals surface area contributed by atoms with Crippen LogP contribution in [0.25, 0.3) is 0 Å². The van der Waals surface area contributed by atoms with Crippen molar-refractivity contribution in [2.24, 2.45) is 5.41 Å². The maximum absolute atomic E-state index is 15.9. The van der Waals surface area contributed by atoms with Crippen LogP contribution in [-0.2, 0) is 13.0 Å². The van der Waals surface area contributed by atoms with Crippen molar-refractivity contribution in [2.75, 3.05) is 44.2 Å². The molecule has 40 heavy (non-hydrogen) atoms. The van der Waals surface area contributed by atoms with Crippen LogP contribution < -0.4 is 15.0 Å². The first kappa shape index (κ1) is 27.1. The minimum absolute atomic E-state index is 0.177. The van der Waals surface area contributed by atoms with E-state index in [1.54, 1.807) is 12.1 Å². The van der Waals surface area contributed by atoms with Gasteiger partial charge in [0, 0.05) is 50.9 Å². The quantitative estimate of drug-likeness (QED) is 0.346. The van der Waals surface area contributed by atoms with Crippen LogP contribution in [0.4, 0.5) is 23.2 Å². The normalized spacial score (nSPS) is 20.7. The molecule has 0 saturated carbocycles. The lowest BCUT2D eigenvalue weighted by Crippen LogP contribution is -2.58. The molecule has 6 rings (SSSR count). The molecule has 8 heteroatoms. The number of hydrogen-bond donors (Lipinski definition) is 1. The highest BCUT2D eigenvalue weighted by Crippen LogP contribution is 2.42. The van der Waals surface area contributed by atoms with Gasteiger partial charge in [-0.15, -0.1) is 0 Å². The molecule has 2 saturated heterocycles. The van der Waals surface area contributed by atoms with E-state index in [9.17, 15) is 8.78 Å². The van der Waals surface area contributed by atoms with Gasteiger partial charge in [0.05, 0.1) is 12.6 Å². The molecule has 1 N–H and O–H groups in total. The fraction of sp³-hybridized carbons (Fsp3) is 0.438. The topological polar surface area (TPSA) is 27.7 Å². The zero-order valence-electron chi connectivity index (χ0n) is 22.7. The summed E-state index contributed by atoms with van der Waals surface area (Å²) in [6.45, 7) is 4.38. The third-order valence-electron chi connectivity index (χ3n) is 8.70. The molecule has 3 heterocycles. The lowest BCUT2D eigenvalue weighted by Gasteiger charge is -2.49. The Kier molecular flexibility index (Phi) is 7.25. The smallest absolute Gasteiger partial charge is 0.257 e. The van der Waals surface area contributed by atoms with Crippen LogP contribution in [0.2, 0.25) is 0 Å². The first-order valence-electron chi connectivity index (χ1n) is 14.1. The number of benzene rings is 3. The van der Waals surface area contributed by atoms with Crippen molar-refractivity contribution in [2.45, 2.75) is 44.8 Å². The molecule has 3 aliphatic rings. The molecule has 4 nitrogen and oxygen atoms in total. The van der Waals surface area contributed by atoms with Crippen molar-refractivity contribution < 1.29 is 22.3 Å². The van der Waals surface area contributed by atoms with Gasteiger partial charge in [0.15, 0.2) is 0 Å². The molecule has 3 aromatic carbocycles. The molecule has 0 radical (unpaired) electrons. The second-order valence-electron chi connectivity index (χ2n) is 11.7. The van der Waals surface area contributed by atoms with Gasteiger partial charge in [0.1, 0.15) is 24.0 Å². The Morgan fingerprint density at radius 2 is 1.65 bits per heavy atom. The second kappa shape index (κ2) is 10.7. The standard InChI is InChI=1S/C32H35F4N3O/c1-31(35,36)21-39-12-9-23-15-25(40-18-22-5-3-2-4-6-22)7-8-26(23)30(39)29-27(33)16-24(17-28(29)34)38-13-10-32(11-14-38)19-37-20-32/h2-8,15-17,30,37H,9-14,18-21H2,1H3. The van der Waals surface area contributed by atoms with Crippen molar-refractivity contribution in [3.63, 3.8) is 0 Å². The minimum atomic E-state index is -3.01. The van der Waals surface area contributed by atoms with Crippen LogP contribution in [0.3, 0.4) is 0 Å². The zero-order valence-corrected chi connectivity index (χ0v) is 22.7. The number of ether oxygens (including phenoxy) is 1. The Labute approximate surface area is 232 Å². The zero-order chi connectivity index (χ0) is 27.9. The average molecular weight is 554 g/mol. The van der Waals surface area contributed by atoms with Crippen molar-refractivity contribution in [1.82, 2.24) is 10.2 Å². The Balaban J connectivity index is 1.29. The maximum Gasteiger partial charge on any atom is 0.257 e.